The molecule has 1 aromatic carbocycles. The number of fused-ring (bicyclic) bond motifs is 1. The number of aromatic nitrogens is 2. The lowest BCUT2D eigenvalue weighted by molar-refractivity contribution is -0.122. The van der Waals surface area contributed by atoms with E-state index in [0.29, 0.717) is 13.0 Å². The third kappa shape index (κ3) is 3.56. The van der Waals surface area contributed by atoms with Crippen molar-refractivity contribution in [1.82, 2.24) is 15.1 Å². The molecule has 1 aromatic heterocycles. The molecular weight excluding hydrogens is 274 g/mol. The summed E-state index contributed by atoms with van der Waals surface area (Å²) in [4.78, 5) is 12.1. The van der Waals surface area contributed by atoms with Crippen LogP contribution in [-0.2, 0) is 24.2 Å². The van der Waals surface area contributed by atoms with Crippen molar-refractivity contribution in [2.75, 3.05) is 0 Å². The molecule has 4 nitrogen and oxygen atoms in total. The molecule has 0 aliphatic heterocycles. The van der Waals surface area contributed by atoms with Gasteiger partial charge in [0.2, 0.25) is 5.91 Å². The highest BCUT2D eigenvalue weighted by atomic mass is 16.1. The average molecular weight is 297 g/mol. The fraction of sp³-hybridized carbons (Fsp3) is 0.444. The van der Waals surface area contributed by atoms with Crippen LogP contribution in [0.25, 0.3) is 0 Å². The summed E-state index contributed by atoms with van der Waals surface area (Å²) in [5.41, 5.74) is 4.14. The highest BCUT2D eigenvalue weighted by molar-refractivity contribution is 5.76. The molecule has 0 unspecified atom stereocenters. The lowest BCUT2D eigenvalue weighted by Crippen LogP contribution is -2.27. The number of nitrogens with zero attached hydrogens (tertiary/aromatic N) is 2. The van der Waals surface area contributed by atoms with E-state index in [0.717, 1.165) is 0 Å². The van der Waals surface area contributed by atoms with Gasteiger partial charge < -0.3 is 5.32 Å². The van der Waals surface area contributed by atoms with Gasteiger partial charge >= 0.3 is 0 Å². The number of amides is 1. The summed E-state index contributed by atoms with van der Waals surface area (Å²) < 4.78 is 1.78. The first-order valence-corrected chi connectivity index (χ1v) is 8.11. The lowest BCUT2D eigenvalue weighted by Gasteiger charge is -2.20. The zero-order chi connectivity index (χ0) is 15.4. The van der Waals surface area contributed by atoms with E-state index in [-0.39, 0.29) is 11.9 Å². The molecule has 116 valence electrons. The van der Waals surface area contributed by atoms with Crippen molar-refractivity contribution < 1.29 is 4.79 Å². The smallest absolute Gasteiger partial charge is 0.222 e. The quantitative estimate of drug-likeness (QED) is 0.922. The molecule has 0 fully saturated rings. The van der Waals surface area contributed by atoms with Gasteiger partial charge in [0, 0.05) is 25.4 Å². The van der Waals surface area contributed by atoms with Crippen molar-refractivity contribution >= 4 is 5.91 Å². The maximum atomic E-state index is 12.1. The Balaban J connectivity index is 1.56. The molecule has 3 rings (SSSR count). The van der Waals surface area contributed by atoms with Gasteiger partial charge in [0.1, 0.15) is 0 Å². The molecule has 1 aliphatic carbocycles. The van der Waals surface area contributed by atoms with Crippen LogP contribution in [0.3, 0.4) is 0 Å². The van der Waals surface area contributed by atoms with Crippen LogP contribution in [0.5, 0.6) is 0 Å². The second-order valence-electron chi connectivity index (χ2n) is 6.04. The number of aryl methyl sites for hydroxylation is 3. The van der Waals surface area contributed by atoms with Crippen molar-refractivity contribution in [2.45, 2.75) is 51.6 Å². The van der Waals surface area contributed by atoms with Crippen LogP contribution in [0.2, 0.25) is 0 Å². The fourth-order valence-electron chi connectivity index (χ4n) is 3.07. The molecule has 1 aliphatic rings. The van der Waals surface area contributed by atoms with Crippen molar-refractivity contribution in [3.63, 3.8) is 0 Å². The summed E-state index contributed by atoms with van der Waals surface area (Å²) in [6.07, 6.45) is 9.00. The van der Waals surface area contributed by atoms with Crippen LogP contribution < -0.4 is 5.32 Å². The van der Waals surface area contributed by atoms with Crippen LogP contribution in [-0.4, -0.2) is 15.7 Å². The Labute approximate surface area is 131 Å². The van der Waals surface area contributed by atoms with Gasteiger partial charge in [-0.25, -0.2) is 0 Å². The zero-order valence-corrected chi connectivity index (χ0v) is 13.1. The molecule has 0 spiro atoms. The third-order valence-electron chi connectivity index (χ3n) is 4.38. The Morgan fingerprint density at radius 2 is 2.14 bits per heavy atom. The van der Waals surface area contributed by atoms with Crippen LogP contribution in [0.15, 0.2) is 36.7 Å². The van der Waals surface area contributed by atoms with E-state index in [1.165, 1.54) is 42.4 Å². The first kappa shape index (κ1) is 14.8. The minimum Gasteiger partial charge on any atom is -0.350 e. The molecule has 4 heteroatoms. The molecule has 0 saturated heterocycles. The van der Waals surface area contributed by atoms with E-state index in [2.05, 4.69) is 35.5 Å². The number of carbonyl (C=O) groups is 1. The highest BCUT2D eigenvalue weighted by Crippen LogP contribution is 2.24. The first-order chi connectivity index (χ1) is 10.7. The third-order valence-corrected chi connectivity index (χ3v) is 4.38. The van der Waals surface area contributed by atoms with Crippen LogP contribution in [0, 0.1) is 0 Å². The summed E-state index contributed by atoms with van der Waals surface area (Å²) in [5, 5.41) is 7.20. The van der Waals surface area contributed by atoms with E-state index in [1.54, 1.807) is 10.9 Å². The fourth-order valence-corrected chi connectivity index (χ4v) is 3.07. The number of rotatable bonds is 5. The van der Waals surface area contributed by atoms with E-state index >= 15 is 0 Å². The van der Waals surface area contributed by atoms with E-state index in [4.69, 9.17) is 0 Å². The Kier molecular flexibility index (Phi) is 4.56. The van der Waals surface area contributed by atoms with Gasteiger partial charge in [0.05, 0.1) is 6.04 Å². The molecule has 0 radical (unpaired) electrons. The Morgan fingerprint density at radius 1 is 1.32 bits per heavy atom. The van der Waals surface area contributed by atoms with E-state index in [1.807, 2.05) is 12.3 Å². The zero-order valence-electron chi connectivity index (χ0n) is 13.1. The molecule has 1 amide bonds. The normalized spacial score (nSPS) is 15.1. The van der Waals surface area contributed by atoms with Gasteiger partial charge in [-0.15, -0.1) is 0 Å². The van der Waals surface area contributed by atoms with Crippen molar-refractivity contribution in [3.8, 4) is 0 Å². The number of nitrogens with one attached hydrogen (secondary N) is 1. The number of benzene rings is 1. The largest absolute Gasteiger partial charge is 0.350 e. The molecule has 22 heavy (non-hydrogen) atoms. The van der Waals surface area contributed by atoms with Gasteiger partial charge in [-0.1, -0.05) is 18.2 Å². The van der Waals surface area contributed by atoms with Gasteiger partial charge in [0.25, 0.3) is 0 Å². The topological polar surface area (TPSA) is 46.9 Å². The van der Waals surface area contributed by atoms with Crippen molar-refractivity contribution in [2.24, 2.45) is 0 Å². The molecule has 1 N–H and O–H groups in total. The van der Waals surface area contributed by atoms with Gasteiger partial charge in [0.15, 0.2) is 0 Å². The van der Waals surface area contributed by atoms with E-state index in [9.17, 15) is 4.79 Å². The standard InChI is InChI=1S/C18H23N3O/c1-14(20-18(22)9-12-21-11-4-10-19-21)16-8-7-15-5-2-3-6-17(15)13-16/h4,7-8,10-11,13-14H,2-3,5-6,9,12H2,1H3,(H,20,22)/t14-/m0/s1. The minimum atomic E-state index is 0.0531. The molecule has 0 saturated carbocycles. The highest BCUT2D eigenvalue weighted by Gasteiger charge is 2.14. The second-order valence-corrected chi connectivity index (χ2v) is 6.04. The molecule has 1 heterocycles. The summed E-state index contributed by atoms with van der Waals surface area (Å²) >= 11 is 0. The maximum Gasteiger partial charge on any atom is 0.222 e. The summed E-state index contributed by atoms with van der Waals surface area (Å²) in [6.45, 7) is 2.67. The summed E-state index contributed by atoms with van der Waals surface area (Å²) in [7, 11) is 0. The maximum absolute atomic E-state index is 12.1. The van der Waals surface area contributed by atoms with Gasteiger partial charge in [-0.3, -0.25) is 9.48 Å². The minimum absolute atomic E-state index is 0.0531. The van der Waals surface area contributed by atoms with Crippen LogP contribution >= 0.6 is 0 Å². The summed E-state index contributed by atoms with van der Waals surface area (Å²) in [6, 6.07) is 8.58. The van der Waals surface area contributed by atoms with Crippen LogP contribution in [0.4, 0.5) is 0 Å². The average Bonchev–Trinajstić information content (AvgIpc) is 3.06. The molecule has 1 atom stereocenters. The molecule has 0 bridgehead atoms. The monoisotopic (exact) mass is 297 g/mol. The Hall–Kier alpha value is -2.10. The first-order valence-electron chi connectivity index (χ1n) is 8.11. The Morgan fingerprint density at radius 3 is 2.91 bits per heavy atom. The molecular formula is C18H23N3O. The summed E-state index contributed by atoms with van der Waals surface area (Å²) in [5.74, 6) is 0.0701. The van der Waals surface area contributed by atoms with Crippen LogP contribution in [0.1, 0.15) is 48.9 Å². The predicted octanol–water partition coefficient (Wildman–Crippen LogP) is 3.03. The SMILES string of the molecule is C[C@H](NC(=O)CCn1cccn1)c1ccc2c(c1)CCCC2. The second kappa shape index (κ2) is 6.77. The number of hydrogen-bond donors (Lipinski definition) is 1. The lowest BCUT2D eigenvalue weighted by atomic mass is 9.89. The van der Waals surface area contributed by atoms with Gasteiger partial charge in [-0.2, -0.15) is 5.10 Å². The van der Waals surface area contributed by atoms with E-state index < -0.39 is 0 Å². The van der Waals surface area contributed by atoms with Crippen molar-refractivity contribution in [1.29, 1.82) is 0 Å². The number of carbonyl (C=O) groups excluding carboxylic acids is 1. The Bertz CT molecular complexity index is 634. The number of hydrogen-bond acceptors (Lipinski definition) is 2. The molecule has 2 aromatic rings. The predicted molar refractivity (Wildman–Crippen MR) is 86.5 cm³/mol. The van der Waals surface area contributed by atoms with Crippen molar-refractivity contribution in [3.05, 3.63) is 53.3 Å². The van der Waals surface area contributed by atoms with Gasteiger partial charge in [-0.05, 0) is 55.4 Å².